The summed E-state index contributed by atoms with van der Waals surface area (Å²) in [4.78, 5) is 0. The summed E-state index contributed by atoms with van der Waals surface area (Å²) >= 11 is 0. The molecule has 4 saturated heterocycles. The summed E-state index contributed by atoms with van der Waals surface area (Å²) in [5.74, 6) is 0. The molecular formula is C24H42O21. The van der Waals surface area contributed by atoms with E-state index in [0.29, 0.717) is 0 Å². The van der Waals surface area contributed by atoms with E-state index in [9.17, 15) is 71.5 Å². The molecule has 0 aliphatic carbocycles. The first-order valence-electron chi connectivity index (χ1n) is 14.1. The van der Waals surface area contributed by atoms with Crippen molar-refractivity contribution in [2.75, 3.05) is 26.4 Å². The topological polar surface area (TPSA) is 348 Å². The van der Waals surface area contributed by atoms with E-state index >= 15 is 0 Å². The number of rotatable bonds is 10. The summed E-state index contributed by atoms with van der Waals surface area (Å²) in [6, 6.07) is 0. The van der Waals surface area contributed by atoms with E-state index in [-0.39, 0.29) is 0 Å². The average molecular weight is 667 g/mol. The first-order chi connectivity index (χ1) is 21.3. The molecule has 0 aromatic rings. The lowest BCUT2D eigenvalue weighted by molar-refractivity contribution is -0.389. The molecule has 0 spiro atoms. The molecule has 264 valence electrons. The molecule has 4 aliphatic heterocycles. The maximum atomic E-state index is 11.1. The molecule has 0 saturated carbocycles. The zero-order chi connectivity index (χ0) is 33.3. The number of hydrogen-bond acceptors (Lipinski definition) is 21. The van der Waals surface area contributed by atoms with E-state index in [4.69, 9.17) is 33.2 Å². The minimum atomic E-state index is -2.05. The van der Waals surface area contributed by atoms with Crippen molar-refractivity contribution < 1.29 is 105 Å². The summed E-state index contributed by atoms with van der Waals surface area (Å²) in [6.45, 7) is -3.44. The van der Waals surface area contributed by atoms with E-state index in [2.05, 4.69) is 0 Å². The second kappa shape index (κ2) is 15.6. The standard InChI is InChI=1S/C24H42O21/c25-1-5-9(29)12(32)15(35)22(40-5)44-19-10(30)7(3-27)42-24(17(19)37)45-20-11(31)6(2-26)41-23(16(20)36)43-18-8(4-28)39-21(38)14(34)13(18)33/h5-38H,1-4H2/t5-,6-,7-,8-,9+,10+,11+,12+,13-,14-,15-,16-,17-,18-,19+,20+,21+,22+,23+,24+/m1/s1. The van der Waals surface area contributed by atoms with E-state index in [1.165, 1.54) is 0 Å². The molecule has 4 aliphatic rings. The Morgan fingerprint density at radius 1 is 0.333 bits per heavy atom. The monoisotopic (exact) mass is 666 g/mol. The summed E-state index contributed by atoms with van der Waals surface area (Å²) < 4.78 is 37.7. The molecular weight excluding hydrogens is 624 g/mol. The van der Waals surface area contributed by atoms with Gasteiger partial charge in [0.2, 0.25) is 0 Å². The van der Waals surface area contributed by atoms with Gasteiger partial charge in [-0.3, -0.25) is 0 Å². The van der Waals surface area contributed by atoms with Gasteiger partial charge in [-0.25, -0.2) is 0 Å². The van der Waals surface area contributed by atoms with Crippen LogP contribution in [0.2, 0.25) is 0 Å². The molecule has 0 aromatic carbocycles. The van der Waals surface area contributed by atoms with Crippen molar-refractivity contribution in [1.29, 1.82) is 0 Å². The third-order valence-electron chi connectivity index (χ3n) is 8.21. The van der Waals surface area contributed by atoms with Crippen molar-refractivity contribution in [3.63, 3.8) is 0 Å². The maximum absolute atomic E-state index is 11.1. The Morgan fingerprint density at radius 3 is 1.13 bits per heavy atom. The van der Waals surface area contributed by atoms with Crippen molar-refractivity contribution in [2.24, 2.45) is 0 Å². The van der Waals surface area contributed by atoms with Gasteiger partial charge in [0.05, 0.1) is 26.4 Å². The summed E-state index contributed by atoms with van der Waals surface area (Å²) in [5, 5.41) is 143. The molecule has 45 heavy (non-hydrogen) atoms. The van der Waals surface area contributed by atoms with Crippen LogP contribution < -0.4 is 0 Å². The molecule has 0 radical (unpaired) electrons. The van der Waals surface area contributed by atoms with Crippen LogP contribution in [0.1, 0.15) is 0 Å². The first-order valence-corrected chi connectivity index (χ1v) is 14.1. The van der Waals surface area contributed by atoms with Gasteiger partial charge < -0.3 is 105 Å². The predicted octanol–water partition coefficient (Wildman–Crippen LogP) is -9.75. The van der Waals surface area contributed by atoms with Crippen LogP contribution in [0.3, 0.4) is 0 Å². The highest BCUT2D eigenvalue weighted by Gasteiger charge is 2.55. The Hall–Kier alpha value is -0.840. The van der Waals surface area contributed by atoms with Gasteiger partial charge >= 0.3 is 0 Å². The fourth-order valence-corrected chi connectivity index (χ4v) is 5.53. The second-order valence-corrected chi connectivity index (χ2v) is 11.1. The van der Waals surface area contributed by atoms with Crippen molar-refractivity contribution >= 4 is 0 Å². The minimum absolute atomic E-state index is 0.813. The second-order valence-electron chi connectivity index (χ2n) is 11.1. The van der Waals surface area contributed by atoms with Crippen molar-refractivity contribution in [3.8, 4) is 0 Å². The van der Waals surface area contributed by atoms with Crippen LogP contribution >= 0.6 is 0 Å². The Kier molecular flexibility index (Phi) is 12.8. The van der Waals surface area contributed by atoms with Crippen LogP contribution in [-0.4, -0.2) is 221 Å². The molecule has 0 bridgehead atoms. The fraction of sp³-hybridized carbons (Fsp3) is 1.00. The summed E-state index contributed by atoms with van der Waals surface area (Å²) in [7, 11) is 0. The Labute approximate surface area is 254 Å². The predicted molar refractivity (Wildman–Crippen MR) is 134 cm³/mol. The number of aliphatic hydroxyl groups is 14. The third kappa shape index (κ3) is 7.44. The van der Waals surface area contributed by atoms with Crippen molar-refractivity contribution in [3.05, 3.63) is 0 Å². The molecule has 21 heteroatoms. The van der Waals surface area contributed by atoms with Crippen LogP contribution in [0.25, 0.3) is 0 Å². The van der Waals surface area contributed by atoms with E-state index in [0.717, 1.165) is 0 Å². The molecule has 0 unspecified atom stereocenters. The normalized spacial score (nSPS) is 52.9. The van der Waals surface area contributed by atoms with Crippen molar-refractivity contribution in [2.45, 2.75) is 123 Å². The first kappa shape index (κ1) is 37.0. The Morgan fingerprint density at radius 2 is 0.711 bits per heavy atom. The van der Waals surface area contributed by atoms with Gasteiger partial charge in [-0.1, -0.05) is 0 Å². The van der Waals surface area contributed by atoms with E-state index < -0.39 is 149 Å². The largest absolute Gasteiger partial charge is 0.394 e. The molecule has 0 aromatic heterocycles. The van der Waals surface area contributed by atoms with Crippen LogP contribution in [0, 0.1) is 0 Å². The summed E-state index contributed by atoms with van der Waals surface area (Å²) in [5.41, 5.74) is 0. The maximum Gasteiger partial charge on any atom is 0.187 e. The Balaban J connectivity index is 1.53. The van der Waals surface area contributed by atoms with Gasteiger partial charge in [-0.2, -0.15) is 0 Å². The van der Waals surface area contributed by atoms with Crippen molar-refractivity contribution in [1.82, 2.24) is 0 Å². The lowest BCUT2D eigenvalue weighted by Crippen LogP contribution is -2.67. The highest BCUT2D eigenvalue weighted by molar-refractivity contribution is 4.97. The molecule has 0 amide bonds. The number of hydrogen-bond donors (Lipinski definition) is 14. The third-order valence-corrected chi connectivity index (χ3v) is 8.21. The molecule has 21 nitrogen and oxygen atoms in total. The highest BCUT2D eigenvalue weighted by atomic mass is 16.8. The van der Waals surface area contributed by atoms with Gasteiger partial charge in [0.1, 0.15) is 97.7 Å². The van der Waals surface area contributed by atoms with Gasteiger partial charge in [-0.05, 0) is 0 Å². The molecule has 4 rings (SSSR count). The fourth-order valence-electron chi connectivity index (χ4n) is 5.53. The van der Waals surface area contributed by atoms with Crippen LogP contribution in [0.5, 0.6) is 0 Å². The highest BCUT2D eigenvalue weighted by Crippen LogP contribution is 2.34. The smallest absolute Gasteiger partial charge is 0.187 e. The SMILES string of the molecule is OC[C@H]1O[C@@H](O[C@H]2[C@@H](O)[C@@H](CO)O[C@@H](O[C@H]3[C@@H](O)[C@@H](CO)O[C@@H](O[C@H]4[C@H](O)[C@@H](O)[C@@H](O)O[C@@H]4CO)[C@@H]3O)[C@@H]2O)[C@H](O)[C@@H](O)[C@H]1O. The van der Waals surface area contributed by atoms with Gasteiger partial charge in [-0.15, -0.1) is 0 Å². The lowest BCUT2D eigenvalue weighted by atomic mass is 9.95. The molecule has 4 heterocycles. The minimum Gasteiger partial charge on any atom is -0.394 e. The van der Waals surface area contributed by atoms with Gasteiger partial charge in [0.25, 0.3) is 0 Å². The molecule has 14 N–H and O–H groups in total. The lowest BCUT2D eigenvalue weighted by Gasteiger charge is -2.49. The average Bonchev–Trinajstić information content (AvgIpc) is 3.03. The van der Waals surface area contributed by atoms with Crippen LogP contribution in [0.15, 0.2) is 0 Å². The van der Waals surface area contributed by atoms with Crippen LogP contribution in [-0.2, 0) is 33.2 Å². The van der Waals surface area contributed by atoms with E-state index in [1.807, 2.05) is 0 Å². The molecule has 4 fully saturated rings. The molecule has 20 atom stereocenters. The van der Waals surface area contributed by atoms with Gasteiger partial charge in [0, 0.05) is 0 Å². The van der Waals surface area contributed by atoms with E-state index in [1.54, 1.807) is 0 Å². The zero-order valence-corrected chi connectivity index (χ0v) is 23.5. The Bertz CT molecular complexity index is 914. The number of aliphatic hydroxyl groups excluding tert-OH is 14. The quantitative estimate of drug-likeness (QED) is 0.103. The van der Waals surface area contributed by atoms with Crippen LogP contribution in [0.4, 0.5) is 0 Å². The summed E-state index contributed by atoms with van der Waals surface area (Å²) in [6.07, 6.45) is -36.0. The zero-order valence-electron chi connectivity index (χ0n) is 23.5. The number of ether oxygens (including phenoxy) is 7. The van der Waals surface area contributed by atoms with Gasteiger partial charge in [0.15, 0.2) is 25.2 Å².